The highest BCUT2D eigenvalue weighted by atomic mass is 16.4. The minimum absolute atomic E-state index is 0.166. The fourth-order valence-electron chi connectivity index (χ4n) is 3.63. The van der Waals surface area contributed by atoms with Gasteiger partial charge in [-0.1, -0.05) is 67.2 Å². The molecule has 0 radical (unpaired) electrons. The SMILES string of the molecule is CCCC(C)(CC)C(=O)[O-].CCCC[N+](CCCC)(CCCC)CC(C)O. The molecule has 0 rings (SSSR count). The molecule has 0 aromatic carbocycles. The summed E-state index contributed by atoms with van der Waals surface area (Å²) in [5.74, 6) is -0.920. The largest absolute Gasteiger partial charge is 0.550 e. The fourth-order valence-corrected chi connectivity index (χ4v) is 3.63. The number of aliphatic hydroxyl groups excluding tert-OH is 1. The Kier molecular flexibility index (Phi) is 17.3. The van der Waals surface area contributed by atoms with E-state index in [1.165, 1.54) is 58.2 Å². The van der Waals surface area contributed by atoms with Gasteiger partial charge in [-0.05, 0) is 39.0 Å². The van der Waals surface area contributed by atoms with Gasteiger partial charge in [0.1, 0.15) is 12.6 Å². The first-order valence-corrected chi connectivity index (χ1v) is 11.4. The first-order valence-electron chi connectivity index (χ1n) is 11.4. The highest BCUT2D eigenvalue weighted by Gasteiger charge is 2.27. The van der Waals surface area contributed by atoms with Crippen LogP contribution in [-0.2, 0) is 4.79 Å². The summed E-state index contributed by atoms with van der Waals surface area (Å²) in [4.78, 5) is 10.5. The van der Waals surface area contributed by atoms with E-state index in [1.54, 1.807) is 6.92 Å². The Morgan fingerprint density at radius 1 is 0.926 bits per heavy atom. The zero-order valence-corrected chi connectivity index (χ0v) is 19.5. The van der Waals surface area contributed by atoms with Crippen LogP contribution in [0, 0.1) is 5.41 Å². The molecular formula is C23H49NO3. The average Bonchev–Trinajstić information content (AvgIpc) is 2.62. The van der Waals surface area contributed by atoms with Crippen LogP contribution >= 0.6 is 0 Å². The Labute approximate surface area is 169 Å². The zero-order chi connectivity index (χ0) is 21.3. The lowest BCUT2D eigenvalue weighted by Gasteiger charge is -2.40. The summed E-state index contributed by atoms with van der Waals surface area (Å²) in [5.41, 5.74) is -0.602. The van der Waals surface area contributed by atoms with E-state index in [9.17, 15) is 15.0 Å². The van der Waals surface area contributed by atoms with Gasteiger partial charge in [-0.25, -0.2) is 0 Å². The molecule has 0 saturated carbocycles. The van der Waals surface area contributed by atoms with Crippen LogP contribution in [-0.4, -0.2) is 47.8 Å². The van der Waals surface area contributed by atoms with E-state index in [0.29, 0.717) is 12.8 Å². The van der Waals surface area contributed by atoms with Gasteiger partial charge < -0.3 is 19.5 Å². The number of carboxylic acids is 1. The van der Waals surface area contributed by atoms with Crippen LogP contribution in [0.25, 0.3) is 0 Å². The van der Waals surface area contributed by atoms with Crippen LogP contribution in [0.5, 0.6) is 0 Å². The maximum absolute atomic E-state index is 10.5. The molecular weight excluding hydrogens is 338 g/mol. The summed E-state index contributed by atoms with van der Waals surface area (Å²) in [6.07, 6.45) is 9.77. The normalized spacial score (nSPS) is 14.8. The van der Waals surface area contributed by atoms with Gasteiger partial charge in [-0.2, -0.15) is 0 Å². The summed E-state index contributed by atoms with van der Waals surface area (Å²) in [6.45, 7) is 19.0. The average molecular weight is 388 g/mol. The topological polar surface area (TPSA) is 60.4 Å². The third-order valence-corrected chi connectivity index (χ3v) is 5.68. The van der Waals surface area contributed by atoms with E-state index in [-0.39, 0.29) is 6.10 Å². The monoisotopic (exact) mass is 387 g/mol. The second kappa shape index (κ2) is 16.4. The molecule has 4 heteroatoms. The number of hydrogen-bond donors (Lipinski definition) is 1. The maximum Gasteiger partial charge on any atom is 0.105 e. The molecule has 0 fully saturated rings. The van der Waals surface area contributed by atoms with Crippen molar-refractivity contribution in [2.45, 2.75) is 112 Å². The Morgan fingerprint density at radius 2 is 1.33 bits per heavy atom. The molecule has 27 heavy (non-hydrogen) atoms. The van der Waals surface area contributed by atoms with Crippen molar-refractivity contribution in [3.63, 3.8) is 0 Å². The zero-order valence-electron chi connectivity index (χ0n) is 19.5. The summed E-state index contributed by atoms with van der Waals surface area (Å²) in [6, 6.07) is 0. The molecule has 0 aliphatic heterocycles. The number of aliphatic carboxylic acids is 1. The molecule has 164 valence electrons. The van der Waals surface area contributed by atoms with Gasteiger partial charge in [0.2, 0.25) is 0 Å². The summed E-state index contributed by atoms with van der Waals surface area (Å²) in [7, 11) is 0. The molecule has 1 N–H and O–H groups in total. The van der Waals surface area contributed by atoms with Crippen LogP contribution in [0.1, 0.15) is 106 Å². The van der Waals surface area contributed by atoms with E-state index >= 15 is 0 Å². The van der Waals surface area contributed by atoms with Crippen molar-refractivity contribution in [1.82, 2.24) is 0 Å². The summed E-state index contributed by atoms with van der Waals surface area (Å²) < 4.78 is 1.15. The molecule has 0 aromatic heterocycles. The van der Waals surface area contributed by atoms with Gasteiger partial charge in [0.25, 0.3) is 0 Å². The Morgan fingerprint density at radius 3 is 1.52 bits per heavy atom. The quantitative estimate of drug-likeness (QED) is 0.420. The second-order valence-corrected chi connectivity index (χ2v) is 8.56. The lowest BCUT2D eigenvalue weighted by Crippen LogP contribution is -2.53. The van der Waals surface area contributed by atoms with E-state index in [1.807, 2.05) is 20.8 Å². The Bertz CT molecular complexity index is 336. The van der Waals surface area contributed by atoms with Gasteiger partial charge in [-0.3, -0.25) is 0 Å². The highest BCUT2D eigenvalue weighted by molar-refractivity contribution is 5.71. The lowest BCUT2D eigenvalue weighted by molar-refractivity contribution is -0.931. The molecule has 2 unspecified atom stereocenters. The second-order valence-electron chi connectivity index (χ2n) is 8.56. The molecule has 0 heterocycles. The highest BCUT2D eigenvalue weighted by Crippen LogP contribution is 2.25. The third kappa shape index (κ3) is 13.2. The molecule has 0 spiro atoms. The molecule has 4 nitrogen and oxygen atoms in total. The molecule has 0 aliphatic rings. The van der Waals surface area contributed by atoms with Crippen molar-refractivity contribution in [2.24, 2.45) is 5.41 Å². The van der Waals surface area contributed by atoms with Crippen molar-refractivity contribution in [3.05, 3.63) is 0 Å². The maximum atomic E-state index is 10.5. The number of carboxylic acid groups (broad SMARTS) is 1. The lowest BCUT2D eigenvalue weighted by atomic mass is 9.83. The first-order chi connectivity index (χ1) is 12.7. The number of aliphatic hydroxyl groups is 1. The number of rotatable bonds is 15. The van der Waals surface area contributed by atoms with Crippen LogP contribution < -0.4 is 5.11 Å². The van der Waals surface area contributed by atoms with Crippen LogP contribution in [0.4, 0.5) is 0 Å². The summed E-state index contributed by atoms with van der Waals surface area (Å²) >= 11 is 0. The number of nitrogens with zero attached hydrogens (tertiary/aromatic N) is 1. The number of quaternary nitrogens is 1. The van der Waals surface area contributed by atoms with Gasteiger partial charge in [-0.15, -0.1) is 0 Å². The van der Waals surface area contributed by atoms with Gasteiger partial charge in [0.15, 0.2) is 0 Å². The standard InChI is InChI=1S/C15H34NO.C8H16O2/c1-5-8-11-16(12-9-6-2,13-10-7-3)14-15(4)17;1-4-6-8(3,5-2)7(9)10/h15,17H,5-14H2,1-4H3;4-6H2,1-3H3,(H,9,10)/q+1;/p-1. The first kappa shape index (κ1) is 28.6. The summed E-state index contributed by atoms with van der Waals surface area (Å²) in [5, 5.41) is 20.3. The Balaban J connectivity index is 0. The number of carbonyl (C=O) groups is 1. The van der Waals surface area contributed by atoms with E-state index in [4.69, 9.17) is 0 Å². The fraction of sp³-hybridized carbons (Fsp3) is 0.957. The Hall–Kier alpha value is -0.610. The van der Waals surface area contributed by atoms with Gasteiger partial charge in [0, 0.05) is 11.4 Å². The number of hydrogen-bond acceptors (Lipinski definition) is 3. The van der Waals surface area contributed by atoms with Crippen molar-refractivity contribution < 1.29 is 19.5 Å². The minimum atomic E-state index is -0.920. The van der Waals surface area contributed by atoms with Crippen molar-refractivity contribution in [3.8, 4) is 0 Å². The van der Waals surface area contributed by atoms with Gasteiger partial charge >= 0.3 is 0 Å². The number of unbranched alkanes of at least 4 members (excludes halogenated alkanes) is 3. The van der Waals surface area contributed by atoms with Crippen LogP contribution in [0.15, 0.2) is 0 Å². The van der Waals surface area contributed by atoms with Crippen LogP contribution in [0.3, 0.4) is 0 Å². The van der Waals surface area contributed by atoms with Gasteiger partial charge in [0.05, 0.1) is 19.6 Å². The van der Waals surface area contributed by atoms with Crippen molar-refractivity contribution in [2.75, 3.05) is 26.2 Å². The molecule has 0 aromatic rings. The smallest absolute Gasteiger partial charge is 0.105 e. The van der Waals surface area contributed by atoms with E-state index in [0.717, 1.165) is 17.4 Å². The minimum Gasteiger partial charge on any atom is -0.550 e. The van der Waals surface area contributed by atoms with Crippen molar-refractivity contribution >= 4 is 5.97 Å². The van der Waals surface area contributed by atoms with Crippen molar-refractivity contribution in [1.29, 1.82) is 0 Å². The predicted molar refractivity (Wildman–Crippen MR) is 114 cm³/mol. The third-order valence-electron chi connectivity index (χ3n) is 5.68. The molecule has 2 atom stereocenters. The molecule has 0 saturated heterocycles. The molecule has 0 amide bonds. The van der Waals surface area contributed by atoms with Crippen LogP contribution in [0.2, 0.25) is 0 Å². The number of carbonyl (C=O) groups excluding carboxylic acids is 1. The molecule has 0 aliphatic carbocycles. The van der Waals surface area contributed by atoms with E-state index in [2.05, 4.69) is 20.8 Å². The predicted octanol–water partition coefficient (Wildman–Crippen LogP) is 4.54. The van der Waals surface area contributed by atoms with E-state index < -0.39 is 11.4 Å². The molecule has 0 bridgehead atoms.